The van der Waals surface area contributed by atoms with E-state index >= 15 is 0 Å². The third-order valence-corrected chi connectivity index (χ3v) is 3.79. The number of pyridine rings is 1. The summed E-state index contributed by atoms with van der Waals surface area (Å²) in [5.41, 5.74) is 6.45. The summed E-state index contributed by atoms with van der Waals surface area (Å²) < 4.78 is 5.93. The zero-order valence-electron chi connectivity index (χ0n) is 11.3. The molecule has 0 radical (unpaired) electrons. The highest BCUT2D eigenvalue weighted by atomic mass is 16.5. The van der Waals surface area contributed by atoms with Gasteiger partial charge in [0.05, 0.1) is 24.4 Å². The van der Waals surface area contributed by atoms with Crippen LogP contribution in [-0.4, -0.2) is 11.6 Å². The molecule has 0 amide bonds. The fraction of sp³-hybridized carbons (Fsp3) is 0.312. The Morgan fingerprint density at radius 2 is 2.10 bits per heavy atom. The van der Waals surface area contributed by atoms with E-state index in [1.807, 2.05) is 18.2 Å². The molecule has 4 nitrogen and oxygen atoms in total. The van der Waals surface area contributed by atoms with E-state index in [4.69, 9.17) is 10.6 Å². The highest BCUT2D eigenvalue weighted by Crippen LogP contribution is 2.33. The zero-order valence-corrected chi connectivity index (χ0v) is 11.3. The molecule has 104 valence electrons. The maximum absolute atomic E-state index is 5.93. The summed E-state index contributed by atoms with van der Waals surface area (Å²) >= 11 is 0. The van der Waals surface area contributed by atoms with Crippen LogP contribution >= 0.6 is 0 Å². The third-order valence-electron chi connectivity index (χ3n) is 3.79. The van der Waals surface area contributed by atoms with Crippen LogP contribution in [0.2, 0.25) is 0 Å². The van der Waals surface area contributed by atoms with Crippen molar-refractivity contribution in [2.24, 2.45) is 5.84 Å². The highest BCUT2D eigenvalue weighted by molar-refractivity contribution is 5.31. The smallest absolute Gasteiger partial charge is 0.0847 e. The van der Waals surface area contributed by atoms with E-state index in [1.54, 1.807) is 6.20 Å². The lowest BCUT2D eigenvalue weighted by atomic mass is 9.93. The number of benzene rings is 1. The Morgan fingerprint density at radius 1 is 1.25 bits per heavy atom. The average Bonchev–Trinajstić information content (AvgIpc) is 2.53. The third kappa shape index (κ3) is 2.72. The lowest BCUT2D eigenvalue weighted by Gasteiger charge is -2.29. The van der Waals surface area contributed by atoms with Crippen LogP contribution in [0.3, 0.4) is 0 Å². The lowest BCUT2D eigenvalue weighted by molar-refractivity contribution is 0.0290. The molecule has 0 saturated carbocycles. The molecule has 0 fully saturated rings. The predicted molar refractivity (Wildman–Crippen MR) is 77.8 cm³/mol. The second-order valence-corrected chi connectivity index (χ2v) is 5.02. The molecule has 1 aliphatic rings. The number of hydrogen-bond donors (Lipinski definition) is 2. The van der Waals surface area contributed by atoms with Gasteiger partial charge in [-0.25, -0.2) is 0 Å². The van der Waals surface area contributed by atoms with Gasteiger partial charge in [0.15, 0.2) is 0 Å². The number of nitrogens with two attached hydrogens (primary N) is 1. The minimum Gasteiger partial charge on any atom is -0.373 e. The summed E-state index contributed by atoms with van der Waals surface area (Å²) in [6, 6.07) is 14.3. The number of rotatable bonds is 4. The molecule has 2 heterocycles. The van der Waals surface area contributed by atoms with Crippen molar-refractivity contribution in [3.8, 4) is 0 Å². The van der Waals surface area contributed by atoms with Gasteiger partial charge in [-0.05, 0) is 29.7 Å². The first-order valence-corrected chi connectivity index (χ1v) is 6.95. The van der Waals surface area contributed by atoms with Crippen molar-refractivity contribution in [3.05, 3.63) is 65.5 Å². The van der Waals surface area contributed by atoms with Crippen molar-refractivity contribution >= 4 is 0 Å². The van der Waals surface area contributed by atoms with Gasteiger partial charge < -0.3 is 4.74 Å². The largest absolute Gasteiger partial charge is 0.373 e. The minimum atomic E-state index is -0.00708. The molecule has 20 heavy (non-hydrogen) atoms. The van der Waals surface area contributed by atoms with Crippen LogP contribution in [0.1, 0.15) is 35.4 Å². The summed E-state index contributed by atoms with van der Waals surface area (Å²) in [4.78, 5) is 4.37. The molecule has 4 heteroatoms. The van der Waals surface area contributed by atoms with Crippen molar-refractivity contribution in [2.75, 3.05) is 6.61 Å². The summed E-state index contributed by atoms with van der Waals surface area (Å²) in [5, 5.41) is 0. The topological polar surface area (TPSA) is 60.2 Å². The number of fused-ring (bicyclic) bond motifs is 1. The van der Waals surface area contributed by atoms with Crippen LogP contribution in [0.4, 0.5) is 0 Å². The van der Waals surface area contributed by atoms with Gasteiger partial charge in [-0.1, -0.05) is 30.3 Å². The number of nitrogens with zero attached hydrogens (tertiary/aromatic N) is 1. The molecule has 3 N–H and O–H groups in total. The maximum Gasteiger partial charge on any atom is 0.0847 e. The van der Waals surface area contributed by atoms with Gasteiger partial charge in [0.2, 0.25) is 0 Å². The molecule has 3 rings (SSSR count). The summed E-state index contributed by atoms with van der Waals surface area (Å²) in [6.07, 6.45) is 3.62. The van der Waals surface area contributed by atoms with Gasteiger partial charge in [0, 0.05) is 12.6 Å². The Hall–Kier alpha value is -1.75. The van der Waals surface area contributed by atoms with Gasteiger partial charge in [-0.3, -0.25) is 16.3 Å². The quantitative estimate of drug-likeness (QED) is 0.660. The molecule has 2 unspecified atom stereocenters. The van der Waals surface area contributed by atoms with Gasteiger partial charge in [0.1, 0.15) is 0 Å². The summed E-state index contributed by atoms with van der Waals surface area (Å²) in [7, 11) is 0. The van der Waals surface area contributed by atoms with Crippen molar-refractivity contribution < 1.29 is 4.74 Å². The molecule has 1 aromatic carbocycles. The summed E-state index contributed by atoms with van der Waals surface area (Å²) in [6.45, 7) is 0.765. The second kappa shape index (κ2) is 6.13. The van der Waals surface area contributed by atoms with Gasteiger partial charge in [0.25, 0.3) is 0 Å². The van der Waals surface area contributed by atoms with Crippen LogP contribution in [0.25, 0.3) is 0 Å². The van der Waals surface area contributed by atoms with Crippen molar-refractivity contribution in [2.45, 2.75) is 25.0 Å². The Labute approximate surface area is 119 Å². The molecule has 0 saturated heterocycles. The van der Waals surface area contributed by atoms with Gasteiger partial charge in [-0.2, -0.15) is 0 Å². The normalized spacial score (nSPS) is 19.4. The van der Waals surface area contributed by atoms with Crippen molar-refractivity contribution in [1.82, 2.24) is 10.4 Å². The predicted octanol–water partition coefficient (Wildman–Crippen LogP) is 2.29. The Bertz CT molecular complexity index is 559. The summed E-state index contributed by atoms with van der Waals surface area (Å²) in [5.74, 6) is 5.70. The molecule has 1 aliphatic heterocycles. The zero-order chi connectivity index (χ0) is 13.8. The molecule has 0 bridgehead atoms. The molecule has 0 aliphatic carbocycles. The van der Waals surface area contributed by atoms with Gasteiger partial charge in [-0.15, -0.1) is 0 Å². The standard InChI is InChI=1S/C16H19N3O/c17-19-15(14-7-3-4-9-18-14)11-16-13-6-2-1-5-12(13)8-10-20-16/h1-7,9,15-16,19H,8,10-11,17H2. The van der Waals surface area contributed by atoms with Gasteiger partial charge >= 0.3 is 0 Å². The van der Waals surface area contributed by atoms with E-state index < -0.39 is 0 Å². The number of aromatic nitrogens is 1. The van der Waals surface area contributed by atoms with E-state index in [-0.39, 0.29) is 12.1 Å². The van der Waals surface area contributed by atoms with Crippen LogP contribution < -0.4 is 11.3 Å². The number of nitrogens with one attached hydrogen (secondary N) is 1. The number of hydrazine groups is 1. The molecule has 1 aromatic heterocycles. The highest BCUT2D eigenvalue weighted by Gasteiger charge is 2.24. The SMILES string of the molecule is NNC(CC1OCCc2ccccc21)c1ccccn1. The maximum atomic E-state index is 5.93. The number of ether oxygens (including phenoxy) is 1. The monoisotopic (exact) mass is 269 g/mol. The molecule has 2 atom stereocenters. The first-order valence-electron chi connectivity index (χ1n) is 6.95. The van der Waals surface area contributed by atoms with Crippen LogP contribution in [0, 0.1) is 0 Å². The fourth-order valence-corrected chi connectivity index (χ4v) is 2.74. The van der Waals surface area contributed by atoms with E-state index in [2.05, 4.69) is 34.7 Å². The second-order valence-electron chi connectivity index (χ2n) is 5.02. The van der Waals surface area contributed by atoms with Crippen LogP contribution in [0.5, 0.6) is 0 Å². The van der Waals surface area contributed by atoms with Crippen molar-refractivity contribution in [1.29, 1.82) is 0 Å². The molecular weight excluding hydrogens is 250 g/mol. The molecular formula is C16H19N3O. The Kier molecular flexibility index (Phi) is 4.06. The first-order chi connectivity index (χ1) is 9.88. The first kappa shape index (κ1) is 13.2. The van der Waals surface area contributed by atoms with Crippen molar-refractivity contribution in [3.63, 3.8) is 0 Å². The average molecular weight is 269 g/mol. The van der Waals surface area contributed by atoms with E-state index in [1.165, 1.54) is 11.1 Å². The lowest BCUT2D eigenvalue weighted by Crippen LogP contribution is -2.31. The van der Waals surface area contributed by atoms with Crippen LogP contribution in [-0.2, 0) is 11.2 Å². The molecule has 2 aromatic rings. The van der Waals surface area contributed by atoms with E-state index in [9.17, 15) is 0 Å². The fourth-order valence-electron chi connectivity index (χ4n) is 2.74. The Morgan fingerprint density at radius 3 is 2.90 bits per heavy atom. The number of hydrogen-bond acceptors (Lipinski definition) is 4. The van der Waals surface area contributed by atoms with Crippen LogP contribution in [0.15, 0.2) is 48.7 Å². The molecule has 0 spiro atoms. The minimum absolute atomic E-state index is 0.00708. The Balaban J connectivity index is 1.81. The van der Waals surface area contributed by atoms with E-state index in [0.717, 1.165) is 25.1 Å². The van der Waals surface area contributed by atoms with E-state index in [0.29, 0.717) is 0 Å².